The SMILES string of the molecule is CC1CCC(=N)N1C.F[B-](F)(F)F. The van der Waals surface area contributed by atoms with E-state index in [4.69, 9.17) is 5.41 Å². The molecule has 1 aliphatic rings. The van der Waals surface area contributed by atoms with Crippen LogP contribution in [0.3, 0.4) is 0 Å². The molecule has 1 aliphatic heterocycles. The summed E-state index contributed by atoms with van der Waals surface area (Å²) in [6.07, 6.45) is 2.13. The molecule has 1 rings (SSSR count). The van der Waals surface area contributed by atoms with Crippen LogP contribution in [0.2, 0.25) is 0 Å². The van der Waals surface area contributed by atoms with E-state index in [0.29, 0.717) is 6.04 Å². The van der Waals surface area contributed by atoms with Crippen LogP contribution in [0.4, 0.5) is 17.3 Å². The third-order valence-corrected chi connectivity index (χ3v) is 1.89. The van der Waals surface area contributed by atoms with Gasteiger partial charge in [0, 0.05) is 19.5 Å². The summed E-state index contributed by atoms with van der Waals surface area (Å²) in [5.74, 6) is 0.789. The Labute approximate surface area is 74.5 Å². The number of nitrogens with zero attached hydrogens (tertiary/aromatic N) is 1. The van der Waals surface area contributed by atoms with E-state index in [-0.39, 0.29) is 0 Å². The lowest BCUT2D eigenvalue weighted by Gasteiger charge is -2.15. The Kier molecular flexibility index (Phi) is 4.22. The monoisotopic (exact) mass is 199 g/mol. The van der Waals surface area contributed by atoms with Gasteiger partial charge in [0.05, 0.1) is 5.84 Å². The van der Waals surface area contributed by atoms with Crippen LogP contribution in [0.25, 0.3) is 0 Å². The molecule has 0 aromatic rings. The zero-order valence-electron chi connectivity index (χ0n) is 7.53. The number of hydrogen-bond donors (Lipinski definition) is 1. The van der Waals surface area contributed by atoms with Crippen molar-refractivity contribution in [2.45, 2.75) is 25.8 Å². The van der Waals surface area contributed by atoms with Gasteiger partial charge in [-0.2, -0.15) is 0 Å². The zero-order valence-corrected chi connectivity index (χ0v) is 7.53. The molecule has 0 bridgehead atoms. The van der Waals surface area contributed by atoms with Gasteiger partial charge in [0.15, 0.2) is 0 Å². The number of hydrogen-bond acceptors (Lipinski definition) is 1. The second-order valence-corrected chi connectivity index (χ2v) is 2.94. The highest BCUT2D eigenvalue weighted by atomic mass is 19.5. The number of halogens is 4. The molecule has 1 N–H and O–H groups in total. The Hall–Kier alpha value is -0.745. The van der Waals surface area contributed by atoms with Crippen LogP contribution in [0.15, 0.2) is 0 Å². The molecule has 0 spiro atoms. The van der Waals surface area contributed by atoms with Crippen LogP contribution < -0.4 is 0 Å². The third-order valence-electron chi connectivity index (χ3n) is 1.89. The van der Waals surface area contributed by atoms with Gasteiger partial charge in [-0.15, -0.1) is 0 Å². The van der Waals surface area contributed by atoms with Crippen LogP contribution >= 0.6 is 0 Å². The molecular weight excluding hydrogens is 187 g/mol. The fourth-order valence-corrected chi connectivity index (χ4v) is 0.982. The van der Waals surface area contributed by atoms with E-state index < -0.39 is 7.25 Å². The lowest BCUT2D eigenvalue weighted by molar-refractivity contribution is 0.368. The molecule has 0 radical (unpaired) electrons. The number of amidine groups is 1. The Bertz CT molecular complexity index is 176. The van der Waals surface area contributed by atoms with Crippen LogP contribution in [0.1, 0.15) is 19.8 Å². The van der Waals surface area contributed by atoms with Gasteiger partial charge in [-0.1, -0.05) is 0 Å². The molecule has 1 saturated heterocycles. The summed E-state index contributed by atoms with van der Waals surface area (Å²) in [7, 11) is -4.01. The second-order valence-electron chi connectivity index (χ2n) is 2.94. The number of likely N-dealkylation sites (tertiary alicyclic amines) is 1. The first-order valence-corrected chi connectivity index (χ1v) is 3.89. The first-order valence-electron chi connectivity index (χ1n) is 3.89. The average molecular weight is 199 g/mol. The summed E-state index contributed by atoms with van der Waals surface area (Å²) in [4.78, 5) is 2.03. The summed E-state index contributed by atoms with van der Waals surface area (Å²) in [6.45, 7) is 2.15. The smallest absolute Gasteiger partial charge is 0.418 e. The molecular formula is C6H12BF4N2-. The highest BCUT2D eigenvalue weighted by molar-refractivity contribution is 6.50. The van der Waals surface area contributed by atoms with E-state index in [2.05, 4.69) is 6.92 Å². The first-order chi connectivity index (χ1) is 5.72. The maximum atomic E-state index is 9.75. The summed E-state index contributed by atoms with van der Waals surface area (Å²) in [5, 5.41) is 7.31. The van der Waals surface area contributed by atoms with Crippen LogP contribution in [-0.4, -0.2) is 31.1 Å². The number of nitrogens with one attached hydrogen (secondary N) is 1. The van der Waals surface area contributed by atoms with Crippen molar-refractivity contribution in [1.82, 2.24) is 4.90 Å². The third kappa shape index (κ3) is 6.42. The van der Waals surface area contributed by atoms with E-state index in [1.54, 1.807) is 0 Å². The van der Waals surface area contributed by atoms with Crippen LogP contribution in [0.5, 0.6) is 0 Å². The van der Waals surface area contributed by atoms with E-state index >= 15 is 0 Å². The van der Waals surface area contributed by atoms with Crippen molar-refractivity contribution in [2.75, 3.05) is 7.05 Å². The predicted octanol–water partition coefficient (Wildman–Crippen LogP) is 2.38. The van der Waals surface area contributed by atoms with E-state index in [9.17, 15) is 17.3 Å². The van der Waals surface area contributed by atoms with Gasteiger partial charge in [-0.25, -0.2) is 0 Å². The van der Waals surface area contributed by atoms with Crippen molar-refractivity contribution in [2.24, 2.45) is 0 Å². The van der Waals surface area contributed by atoms with Crippen LogP contribution in [-0.2, 0) is 0 Å². The standard InChI is InChI=1S/C6H12N2.BF4/c1-5-3-4-6(7)8(5)2;2-1(3,4)5/h5,7H,3-4H2,1-2H3;/q;-1. The molecule has 0 aromatic heterocycles. The van der Waals surface area contributed by atoms with Gasteiger partial charge >= 0.3 is 7.25 Å². The van der Waals surface area contributed by atoms with Crippen molar-refractivity contribution in [3.05, 3.63) is 0 Å². The lowest BCUT2D eigenvalue weighted by Crippen LogP contribution is -2.25. The summed E-state index contributed by atoms with van der Waals surface area (Å²) < 4.78 is 39.0. The second kappa shape index (κ2) is 4.48. The van der Waals surface area contributed by atoms with Gasteiger partial charge in [-0.3, -0.25) is 5.41 Å². The quantitative estimate of drug-likeness (QED) is 0.470. The molecule has 0 aromatic carbocycles. The summed E-state index contributed by atoms with van der Waals surface area (Å²) in [5.41, 5.74) is 0. The molecule has 0 amide bonds. The topological polar surface area (TPSA) is 27.1 Å². The van der Waals surface area contributed by atoms with Crippen molar-refractivity contribution >= 4 is 13.1 Å². The molecule has 0 saturated carbocycles. The maximum absolute atomic E-state index is 9.75. The minimum atomic E-state index is -6.00. The van der Waals surface area contributed by atoms with Gasteiger partial charge in [0.1, 0.15) is 0 Å². The Morgan fingerprint density at radius 1 is 1.38 bits per heavy atom. The average Bonchev–Trinajstić information content (AvgIpc) is 2.16. The molecule has 78 valence electrons. The predicted molar refractivity (Wildman–Crippen MR) is 44.4 cm³/mol. The fraction of sp³-hybridized carbons (Fsp3) is 0.833. The van der Waals surface area contributed by atoms with Gasteiger partial charge in [-0.05, 0) is 13.3 Å². The van der Waals surface area contributed by atoms with Gasteiger partial charge < -0.3 is 22.2 Å². The lowest BCUT2D eigenvalue weighted by atomic mass is 10.2. The summed E-state index contributed by atoms with van der Waals surface area (Å²) in [6, 6.07) is 0.600. The van der Waals surface area contributed by atoms with Crippen LogP contribution in [0, 0.1) is 5.41 Å². The fourth-order valence-electron chi connectivity index (χ4n) is 0.982. The Balaban J connectivity index is 0.000000252. The first kappa shape index (κ1) is 12.3. The largest absolute Gasteiger partial charge is 0.673 e. The van der Waals surface area contributed by atoms with E-state index in [0.717, 1.165) is 18.7 Å². The maximum Gasteiger partial charge on any atom is 0.673 e. The van der Waals surface area contributed by atoms with Gasteiger partial charge in [0.25, 0.3) is 0 Å². The normalized spacial score (nSPS) is 22.8. The molecule has 2 nitrogen and oxygen atoms in total. The molecule has 1 atom stereocenters. The molecule has 7 heteroatoms. The Morgan fingerprint density at radius 2 is 1.77 bits per heavy atom. The molecule has 1 unspecified atom stereocenters. The van der Waals surface area contributed by atoms with E-state index in [1.807, 2.05) is 11.9 Å². The highest BCUT2D eigenvalue weighted by Gasteiger charge is 2.20. The molecule has 1 heterocycles. The molecule has 13 heavy (non-hydrogen) atoms. The molecule has 0 aliphatic carbocycles. The molecule has 1 fully saturated rings. The summed E-state index contributed by atoms with van der Waals surface area (Å²) >= 11 is 0. The number of rotatable bonds is 0. The van der Waals surface area contributed by atoms with Crippen molar-refractivity contribution in [1.29, 1.82) is 5.41 Å². The van der Waals surface area contributed by atoms with Crippen molar-refractivity contribution < 1.29 is 17.3 Å². The zero-order chi connectivity index (χ0) is 10.6. The van der Waals surface area contributed by atoms with Gasteiger partial charge in [0.2, 0.25) is 0 Å². The Morgan fingerprint density at radius 3 is 1.85 bits per heavy atom. The van der Waals surface area contributed by atoms with Crippen molar-refractivity contribution in [3.8, 4) is 0 Å². The minimum Gasteiger partial charge on any atom is -0.418 e. The van der Waals surface area contributed by atoms with Crippen molar-refractivity contribution in [3.63, 3.8) is 0 Å². The highest BCUT2D eigenvalue weighted by Crippen LogP contribution is 2.14. The minimum absolute atomic E-state index is 0.600. The van der Waals surface area contributed by atoms with E-state index in [1.165, 1.54) is 0 Å².